The van der Waals surface area contributed by atoms with Gasteiger partial charge in [-0.2, -0.15) is 0 Å². The molecule has 4 nitrogen and oxygen atoms in total. The first-order chi connectivity index (χ1) is 5.86. The third kappa shape index (κ3) is 1.32. The van der Waals surface area contributed by atoms with Crippen molar-refractivity contribution in [3.8, 4) is 0 Å². The van der Waals surface area contributed by atoms with Crippen LogP contribution in [-0.2, 0) is 11.5 Å². The van der Waals surface area contributed by atoms with Crippen LogP contribution >= 0.6 is 0 Å². The molecule has 64 valence electrons. The summed E-state index contributed by atoms with van der Waals surface area (Å²) in [7, 11) is 0. The monoisotopic (exact) mass is 165 g/mol. The first-order valence-corrected chi connectivity index (χ1v) is 4.10. The molecule has 2 heterocycles. The van der Waals surface area contributed by atoms with E-state index in [2.05, 4.69) is 4.98 Å². The quantitative estimate of drug-likeness (QED) is 0.638. The highest BCUT2D eigenvalue weighted by Gasteiger charge is 2.19. The number of likely N-dealkylation sites (tertiary alicyclic amines) is 1. The Morgan fingerprint density at radius 1 is 1.58 bits per heavy atom. The second-order valence-electron chi connectivity index (χ2n) is 2.98. The van der Waals surface area contributed by atoms with Crippen LogP contribution in [0.5, 0.6) is 0 Å². The lowest BCUT2D eigenvalue weighted by atomic mass is 10.4. The Morgan fingerprint density at radius 3 is 3.08 bits per heavy atom. The van der Waals surface area contributed by atoms with Gasteiger partial charge in [0.1, 0.15) is 0 Å². The molecule has 0 N–H and O–H groups in total. The van der Waals surface area contributed by atoms with E-state index in [0.717, 1.165) is 13.0 Å². The molecule has 2 rings (SSSR count). The molecule has 1 amide bonds. The van der Waals surface area contributed by atoms with Crippen LogP contribution in [0, 0.1) is 0 Å². The van der Waals surface area contributed by atoms with Crippen molar-refractivity contribution in [1.82, 2.24) is 14.5 Å². The van der Waals surface area contributed by atoms with Gasteiger partial charge in [-0.15, -0.1) is 0 Å². The summed E-state index contributed by atoms with van der Waals surface area (Å²) in [4.78, 5) is 17.0. The number of nitrogens with zero attached hydrogens (tertiary/aromatic N) is 3. The van der Waals surface area contributed by atoms with Crippen molar-refractivity contribution in [3.05, 3.63) is 18.7 Å². The molecular formula is C8H11N3O. The summed E-state index contributed by atoms with van der Waals surface area (Å²) in [5, 5.41) is 0. The number of rotatable bonds is 2. The zero-order valence-corrected chi connectivity index (χ0v) is 6.81. The third-order valence-electron chi connectivity index (χ3n) is 2.06. The average molecular weight is 165 g/mol. The van der Waals surface area contributed by atoms with Crippen LogP contribution in [0.15, 0.2) is 18.7 Å². The van der Waals surface area contributed by atoms with E-state index >= 15 is 0 Å². The van der Waals surface area contributed by atoms with E-state index < -0.39 is 0 Å². The van der Waals surface area contributed by atoms with Gasteiger partial charge in [-0.25, -0.2) is 4.98 Å². The van der Waals surface area contributed by atoms with Crippen molar-refractivity contribution in [2.75, 3.05) is 6.54 Å². The molecular weight excluding hydrogens is 154 g/mol. The Kier molecular flexibility index (Phi) is 1.81. The number of hydrogen-bond acceptors (Lipinski definition) is 2. The molecule has 1 aliphatic heterocycles. The molecule has 0 atom stereocenters. The summed E-state index contributed by atoms with van der Waals surface area (Å²) < 4.78 is 1.91. The molecule has 1 saturated heterocycles. The van der Waals surface area contributed by atoms with E-state index in [9.17, 15) is 4.79 Å². The lowest BCUT2D eigenvalue weighted by molar-refractivity contribution is -0.129. The predicted octanol–water partition coefficient (Wildman–Crippen LogP) is 0.463. The fourth-order valence-electron chi connectivity index (χ4n) is 1.42. The summed E-state index contributed by atoms with van der Waals surface area (Å²) in [6.07, 6.45) is 7.01. The van der Waals surface area contributed by atoms with Gasteiger partial charge in [0, 0.05) is 25.4 Å². The maximum atomic E-state index is 11.2. The first kappa shape index (κ1) is 7.34. The molecule has 0 spiro atoms. The van der Waals surface area contributed by atoms with E-state index in [0.29, 0.717) is 13.1 Å². The Bertz CT molecular complexity index is 268. The number of carbonyl (C=O) groups is 1. The largest absolute Gasteiger partial charge is 0.325 e. The third-order valence-corrected chi connectivity index (χ3v) is 2.06. The fraction of sp³-hybridized carbons (Fsp3) is 0.500. The summed E-state index contributed by atoms with van der Waals surface area (Å²) in [6, 6.07) is 0. The lowest BCUT2D eigenvalue weighted by Crippen LogP contribution is -2.26. The normalized spacial score (nSPS) is 17.3. The van der Waals surface area contributed by atoms with Gasteiger partial charge in [-0.1, -0.05) is 0 Å². The number of aromatic nitrogens is 2. The van der Waals surface area contributed by atoms with Crippen LogP contribution < -0.4 is 0 Å². The van der Waals surface area contributed by atoms with Gasteiger partial charge in [0.25, 0.3) is 0 Å². The fourth-order valence-corrected chi connectivity index (χ4v) is 1.42. The Labute approximate surface area is 70.8 Å². The SMILES string of the molecule is O=C1CCCN1Cn1ccnc1. The highest BCUT2D eigenvalue weighted by atomic mass is 16.2. The van der Waals surface area contributed by atoms with Gasteiger partial charge in [-0.3, -0.25) is 4.79 Å². The molecule has 0 bridgehead atoms. The van der Waals surface area contributed by atoms with Crippen LogP contribution in [0.25, 0.3) is 0 Å². The molecule has 1 aliphatic rings. The van der Waals surface area contributed by atoms with Crippen LogP contribution in [0.2, 0.25) is 0 Å². The second kappa shape index (κ2) is 2.97. The van der Waals surface area contributed by atoms with Gasteiger partial charge in [-0.05, 0) is 6.42 Å². The zero-order chi connectivity index (χ0) is 8.39. The highest BCUT2D eigenvalue weighted by molar-refractivity contribution is 5.77. The highest BCUT2D eigenvalue weighted by Crippen LogP contribution is 2.10. The van der Waals surface area contributed by atoms with Crippen molar-refractivity contribution >= 4 is 5.91 Å². The van der Waals surface area contributed by atoms with Crippen LogP contribution in [0.3, 0.4) is 0 Å². The Morgan fingerprint density at radius 2 is 2.50 bits per heavy atom. The molecule has 1 fully saturated rings. The van der Waals surface area contributed by atoms with Crippen molar-refractivity contribution in [3.63, 3.8) is 0 Å². The average Bonchev–Trinajstić information content (AvgIpc) is 2.65. The van der Waals surface area contributed by atoms with E-state index in [-0.39, 0.29) is 5.91 Å². The Hall–Kier alpha value is -1.32. The van der Waals surface area contributed by atoms with Crippen molar-refractivity contribution in [2.24, 2.45) is 0 Å². The maximum Gasteiger partial charge on any atom is 0.224 e. The van der Waals surface area contributed by atoms with Crippen molar-refractivity contribution < 1.29 is 4.79 Å². The summed E-state index contributed by atoms with van der Waals surface area (Å²) in [6.45, 7) is 1.54. The van der Waals surface area contributed by atoms with Gasteiger partial charge >= 0.3 is 0 Å². The van der Waals surface area contributed by atoms with Gasteiger partial charge in [0.15, 0.2) is 0 Å². The molecule has 0 aromatic carbocycles. The minimum atomic E-state index is 0.253. The number of hydrogen-bond donors (Lipinski definition) is 0. The molecule has 1 aromatic heterocycles. The van der Waals surface area contributed by atoms with Crippen molar-refractivity contribution in [2.45, 2.75) is 19.5 Å². The van der Waals surface area contributed by atoms with Gasteiger partial charge in [0.2, 0.25) is 5.91 Å². The van der Waals surface area contributed by atoms with Crippen molar-refractivity contribution in [1.29, 1.82) is 0 Å². The molecule has 0 unspecified atom stereocenters. The molecule has 0 radical (unpaired) electrons. The van der Waals surface area contributed by atoms with Crippen LogP contribution in [-0.4, -0.2) is 26.9 Å². The van der Waals surface area contributed by atoms with Crippen LogP contribution in [0.4, 0.5) is 0 Å². The molecule has 1 aromatic rings. The summed E-state index contributed by atoms with van der Waals surface area (Å²) >= 11 is 0. The molecule has 0 aliphatic carbocycles. The van der Waals surface area contributed by atoms with Gasteiger partial charge in [0.05, 0.1) is 13.0 Å². The lowest BCUT2D eigenvalue weighted by Gasteiger charge is -2.15. The van der Waals surface area contributed by atoms with E-state index in [1.54, 1.807) is 12.5 Å². The minimum absolute atomic E-state index is 0.253. The standard InChI is InChI=1S/C8H11N3O/c12-8-2-1-4-11(8)7-10-5-3-9-6-10/h3,5-6H,1-2,4,7H2. The Balaban J connectivity index is 1.99. The topological polar surface area (TPSA) is 38.1 Å². The van der Waals surface area contributed by atoms with E-state index in [4.69, 9.17) is 0 Å². The first-order valence-electron chi connectivity index (χ1n) is 4.10. The summed E-state index contributed by atoms with van der Waals surface area (Å²) in [5.74, 6) is 0.253. The summed E-state index contributed by atoms with van der Waals surface area (Å²) in [5.41, 5.74) is 0. The second-order valence-corrected chi connectivity index (χ2v) is 2.98. The van der Waals surface area contributed by atoms with E-state index in [1.165, 1.54) is 0 Å². The molecule has 0 saturated carbocycles. The predicted molar refractivity (Wildman–Crippen MR) is 43.2 cm³/mol. The minimum Gasteiger partial charge on any atom is -0.325 e. The molecule has 4 heteroatoms. The maximum absolute atomic E-state index is 11.2. The number of carbonyl (C=O) groups excluding carboxylic acids is 1. The smallest absolute Gasteiger partial charge is 0.224 e. The van der Waals surface area contributed by atoms with Crippen LogP contribution in [0.1, 0.15) is 12.8 Å². The number of amides is 1. The molecule has 12 heavy (non-hydrogen) atoms. The number of imidazole rings is 1. The van der Waals surface area contributed by atoms with Gasteiger partial charge < -0.3 is 9.47 Å². The zero-order valence-electron chi connectivity index (χ0n) is 6.81. The van der Waals surface area contributed by atoms with E-state index in [1.807, 2.05) is 15.7 Å².